The maximum absolute atomic E-state index is 12.7. The Hall–Kier alpha value is -2.44. The Balaban J connectivity index is 1.61. The number of rotatable bonds is 1. The van der Waals surface area contributed by atoms with E-state index in [2.05, 4.69) is 10.1 Å². The number of pyridine rings is 1. The van der Waals surface area contributed by atoms with Crippen molar-refractivity contribution in [2.24, 2.45) is 11.8 Å². The summed E-state index contributed by atoms with van der Waals surface area (Å²) in [6, 6.07) is 3.52. The van der Waals surface area contributed by atoms with Crippen molar-refractivity contribution in [3.8, 4) is 0 Å². The molecular formula is C15H16N4O3. The van der Waals surface area contributed by atoms with Crippen LogP contribution in [-0.2, 0) is 4.79 Å². The van der Waals surface area contributed by atoms with E-state index in [0.717, 1.165) is 13.0 Å². The third-order valence-corrected chi connectivity index (χ3v) is 4.71. The molecule has 2 fully saturated rings. The molecule has 0 saturated carbocycles. The molecule has 2 aliphatic rings. The lowest BCUT2D eigenvalue weighted by Crippen LogP contribution is -2.42. The highest BCUT2D eigenvalue weighted by atomic mass is 16.5. The van der Waals surface area contributed by atoms with Crippen LogP contribution in [0.15, 0.2) is 22.9 Å². The second-order valence-electron chi connectivity index (χ2n) is 6.01. The van der Waals surface area contributed by atoms with E-state index in [1.807, 2.05) is 7.05 Å². The monoisotopic (exact) mass is 300 g/mol. The summed E-state index contributed by atoms with van der Waals surface area (Å²) in [7, 11) is 1.82. The van der Waals surface area contributed by atoms with Crippen LogP contribution in [0.4, 0.5) is 0 Å². The first kappa shape index (κ1) is 13.2. The van der Waals surface area contributed by atoms with Crippen LogP contribution in [0.5, 0.6) is 0 Å². The number of hydrogen-bond acceptors (Lipinski definition) is 5. The van der Waals surface area contributed by atoms with E-state index in [1.54, 1.807) is 28.1 Å². The summed E-state index contributed by atoms with van der Waals surface area (Å²) in [5.74, 6) is 0.300. The maximum atomic E-state index is 12.7. The van der Waals surface area contributed by atoms with Crippen molar-refractivity contribution >= 4 is 22.8 Å². The fourth-order valence-electron chi connectivity index (χ4n) is 3.44. The third kappa shape index (κ3) is 1.88. The van der Waals surface area contributed by atoms with E-state index in [9.17, 15) is 9.59 Å². The molecule has 0 bridgehead atoms. The smallest absolute Gasteiger partial charge is 0.293 e. The van der Waals surface area contributed by atoms with Gasteiger partial charge >= 0.3 is 0 Å². The first-order valence-electron chi connectivity index (χ1n) is 7.40. The van der Waals surface area contributed by atoms with Gasteiger partial charge in [0.15, 0.2) is 0 Å². The summed E-state index contributed by atoms with van der Waals surface area (Å²) in [6.07, 6.45) is 2.55. The minimum Gasteiger partial charge on any atom is -0.348 e. The molecule has 2 saturated heterocycles. The second kappa shape index (κ2) is 4.79. The van der Waals surface area contributed by atoms with E-state index < -0.39 is 0 Å². The molecule has 2 aliphatic heterocycles. The van der Waals surface area contributed by atoms with Gasteiger partial charge in [-0.15, -0.1) is 0 Å². The lowest BCUT2D eigenvalue weighted by Gasteiger charge is -2.30. The molecule has 4 rings (SSSR count). The number of likely N-dealkylation sites (tertiary alicyclic amines) is 2. The molecule has 2 atom stereocenters. The van der Waals surface area contributed by atoms with Crippen LogP contribution in [0.25, 0.3) is 11.0 Å². The molecule has 0 N–H and O–H groups in total. The summed E-state index contributed by atoms with van der Waals surface area (Å²) in [5, 5.41) is 4.44. The van der Waals surface area contributed by atoms with Crippen molar-refractivity contribution in [1.29, 1.82) is 0 Å². The first-order chi connectivity index (χ1) is 10.6. The first-order valence-corrected chi connectivity index (χ1v) is 7.40. The summed E-state index contributed by atoms with van der Waals surface area (Å²) in [4.78, 5) is 32.4. The zero-order valence-corrected chi connectivity index (χ0v) is 12.2. The Morgan fingerprint density at radius 1 is 1.41 bits per heavy atom. The SMILES string of the molecule is CN1CC[C@@H]2CN(C(=O)c3onc4ncccc34)C[C@@H]2C1=O. The highest BCUT2D eigenvalue weighted by Crippen LogP contribution is 2.33. The molecule has 0 spiro atoms. The van der Waals surface area contributed by atoms with E-state index in [1.165, 1.54) is 0 Å². The van der Waals surface area contributed by atoms with Gasteiger partial charge in [-0.3, -0.25) is 9.59 Å². The van der Waals surface area contributed by atoms with Crippen LogP contribution in [-0.4, -0.2) is 58.4 Å². The average Bonchev–Trinajstić information content (AvgIpc) is 3.15. The summed E-state index contributed by atoms with van der Waals surface area (Å²) in [6.45, 7) is 1.82. The fraction of sp³-hybridized carbons (Fsp3) is 0.467. The molecule has 114 valence electrons. The molecule has 7 heteroatoms. The molecule has 2 aromatic heterocycles. The van der Waals surface area contributed by atoms with Gasteiger partial charge in [0.25, 0.3) is 5.91 Å². The molecule has 2 aromatic rings. The average molecular weight is 300 g/mol. The van der Waals surface area contributed by atoms with Crippen LogP contribution in [0.2, 0.25) is 0 Å². The van der Waals surface area contributed by atoms with Crippen LogP contribution in [0.3, 0.4) is 0 Å². The Labute approximate surface area is 126 Å². The number of piperidine rings is 1. The van der Waals surface area contributed by atoms with E-state index >= 15 is 0 Å². The molecule has 2 amide bonds. The largest absolute Gasteiger partial charge is 0.348 e. The summed E-state index contributed by atoms with van der Waals surface area (Å²) < 4.78 is 5.19. The van der Waals surface area contributed by atoms with Crippen molar-refractivity contribution in [1.82, 2.24) is 19.9 Å². The predicted octanol–water partition coefficient (Wildman–Crippen LogP) is 0.773. The van der Waals surface area contributed by atoms with Gasteiger partial charge < -0.3 is 14.3 Å². The molecule has 0 aliphatic carbocycles. The number of fused-ring (bicyclic) bond motifs is 2. The standard InChI is InChI=1S/C15H16N4O3/c1-18-6-4-9-7-19(8-11(9)14(18)20)15(21)12-10-3-2-5-16-13(10)17-22-12/h2-3,5,9,11H,4,6-8H2,1H3/t9-,11+/m1/s1. The predicted molar refractivity (Wildman–Crippen MR) is 76.9 cm³/mol. The van der Waals surface area contributed by atoms with Crippen LogP contribution in [0, 0.1) is 11.8 Å². The van der Waals surface area contributed by atoms with Crippen molar-refractivity contribution in [2.45, 2.75) is 6.42 Å². The van der Waals surface area contributed by atoms with Gasteiger partial charge in [-0.05, 0) is 24.5 Å². The molecular weight excluding hydrogens is 284 g/mol. The van der Waals surface area contributed by atoms with Crippen LogP contribution >= 0.6 is 0 Å². The van der Waals surface area contributed by atoms with Gasteiger partial charge in [-0.25, -0.2) is 4.98 Å². The van der Waals surface area contributed by atoms with Crippen molar-refractivity contribution in [2.75, 3.05) is 26.7 Å². The maximum Gasteiger partial charge on any atom is 0.293 e. The van der Waals surface area contributed by atoms with E-state index in [-0.39, 0.29) is 29.4 Å². The summed E-state index contributed by atoms with van der Waals surface area (Å²) in [5.41, 5.74) is 0.429. The Morgan fingerprint density at radius 3 is 3.14 bits per heavy atom. The number of nitrogens with zero attached hydrogens (tertiary/aromatic N) is 4. The third-order valence-electron chi connectivity index (χ3n) is 4.71. The molecule has 0 radical (unpaired) electrons. The van der Waals surface area contributed by atoms with Crippen molar-refractivity contribution in [3.63, 3.8) is 0 Å². The summed E-state index contributed by atoms with van der Waals surface area (Å²) >= 11 is 0. The Kier molecular flexibility index (Phi) is 2.88. The highest BCUT2D eigenvalue weighted by Gasteiger charge is 2.44. The lowest BCUT2D eigenvalue weighted by molar-refractivity contribution is -0.137. The fourth-order valence-corrected chi connectivity index (χ4v) is 3.44. The molecule has 0 aromatic carbocycles. The van der Waals surface area contributed by atoms with Gasteiger partial charge in [0.1, 0.15) is 0 Å². The number of carbonyl (C=O) groups excluding carboxylic acids is 2. The van der Waals surface area contributed by atoms with Crippen molar-refractivity contribution < 1.29 is 14.1 Å². The number of hydrogen-bond donors (Lipinski definition) is 0. The molecule has 22 heavy (non-hydrogen) atoms. The van der Waals surface area contributed by atoms with Gasteiger partial charge in [0.2, 0.25) is 17.3 Å². The zero-order valence-electron chi connectivity index (χ0n) is 12.2. The minimum absolute atomic E-state index is 0.0880. The van der Waals surface area contributed by atoms with Crippen molar-refractivity contribution in [3.05, 3.63) is 24.1 Å². The Morgan fingerprint density at radius 2 is 2.27 bits per heavy atom. The van der Waals surface area contributed by atoms with E-state index in [4.69, 9.17) is 4.52 Å². The van der Waals surface area contributed by atoms with Gasteiger partial charge in [0.05, 0.1) is 11.3 Å². The highest BCUT2D eigenvalue weighted by molar-refractivity contribution is 6.03. The quantitative estimate of drug-likeness (QED) is 0.777. The molecule has 4 heterocycles. The Bertz CT molecular complexity index is 756. The second-order valence-corrected chi connectivity index (χ2v) is 6.01. The van der Waals surface area contributed by atoms with Gasteiger partial charge in [-0.2, -0.15) is 0 Å². The van der Waals surface area contributed by atoms with Gasteiger partial charge in [0, 0.05) is 32.9 Å². The van der Waals surface area contributed by atoms with E-state index in [0.29, 0.717) is 24.1 Å². The molecule has 7 nitrogen and oxygen atoms in total. The topological polar surface area (TPSA) is 79.5 Å². The number of carbonyl (C=O) groups is 2. The van der Waals surface area contributed by atoms with Gasteiger partial charge in [-0.1, -0.05) is 5.16 Å². The number of amides is 2. The van der Waals surface area contributed by atoms with Crippen LogP contribution in [0.1, 0.15) is 17.0 Å². The minimum atomic E-state index is -0.208. The number of aromatic nitrogens is 2. The normalized spacial score (nSPS) is 24.9. The lowest BCUT2D eigenvalue weighted by atomic mass is 9.88. The van der Waals surface area contributed by atoms with Crippen LogP contribution < -0.4 is 0 Å². The zero-order chi connectivity index (χ0) is 15.3. The molecule has 0 unspecified atom stereocenters.